The monoisotopic (exact) mass is 160 g/mol. The first-order valence-electron chi connectivity index (χ1n) is 3.72. The Hall–Kier alpha value is -0.450. The molecular formula is C7H16N2O2. The summed E-state index contributed by atoms with van der Waals surface area (Å²) < 4.78 is 0. The molecule has 4 heteroatoms. The Morgan fingerprint density at radius 3 is 2.45 bits per heavy atom. The number of aliphatic hydroxyl groups is 1. The lowest BCUT2D eigenvalue weighted by Crippen LogP contribution is -2.30. The molecule has 0 fully saturated rings. The zero-order chi connectivity index (χ0) is 8.85. The molecule has 0 amide bonds. The summed E-state index contributed by atoms with van der Waals surface area (Å²) in [5.41, 5.74) is 10.6. The van der Waals surface area contributed by atoms with E-state index in [4.69, 9.17) is 16.6 Å². The number of hydrogen-bond donors (Lipinski definition) is 3. The van der Waals surface area contributed by atoms with Crippen molar-refractivity contribution in [2.75, 3.05) is 6.54 Å². The van der Waals surface area contributed by atoms with Crippen LogP contribution in [0.15, 0.2) is 0 Å². The molecule has 0 heterocycles. The minimum Gasteiger partial charge on any atom is -0.392 e. The largest absolute Gasteiger partial charge is 0.392 e. The summed E-state index contributed by atoms with van der Waals surface area (Å²) in [5.74, 6) is -0.0470. The Morgan fingerprint density at radius 2 is 2.09 bits per heavy atom. The van der Waals surface area contributed by atoms with Crippen molar-refractivity contribution in [1.29, 1.82) is 0 Å². The molecule has 0 unspecified atom stereocenters. The van der Waals surface area contributed by atoms with E-state index >= 15 is 0 Å². The van der Waals surface area contributed by atoms with Crippen LogP contribution in [0, 0.1) is 0 Å². The Labute approximate surface area is 66.6 Å². The molecule has 0 radical (unpaired) electrons. The molecule has 0 aromatic carbocycles. The van der Waals surface area contributed by atoms with E-state index in [0.717, 1.165) is 0 Å². The average molecular weight is 160 g/mol. The van der Waals surface area contributed by atoms with E-state index in [1.54, 1.807) is 0 Å². The smallest absolute Gasteiger partial charge is 0.146 e. The summed E-state index contributed by atoms with van der Waals surface area (Å²) >= 11 is 0. The Bertz CT molecular complexity index is 128. The van der Waals surface area contributed by atoms with Crippen molar-refractivity contribution in [3.05, 3.63) is 0 Å². The minimum absolute atomic E-state index is 0.0470. The second-order valence-corrected chi connectivity index (χ2v) is 2.68. The van der Waals surface area contributed by atoms with E-state index in [9.17, 15) is 4.79 Å². The van der Waals surface area contributed by atoms with E-state index in [-0.39, 0.29) is 12.3 Å². The highest BCUT2D eigenvalue weighted by molar-refractivity contribution is 5.81. The van der Waals surface area contributed by atoms with Gasteiger partial charge in [0.1, 0.15) is 5.78 Å². The maximum Gasteiger partial charge on any atom is 0.146 e. The second-order valence-electron chi connectivity index (χ2n) is 2.68. The van der Waals surface area contributed by atoms with Gasteiger partial charge in [-0.15, -0.1) is 0 Å². The van der Waals surface area contributed by atoms with E-state index in [0.29, 0.717) is 12.8 Å². The fourth-order valence-electron chi connectivity index (χ4n) is 0.693. The molecule has 4 nitrogen and oxygen atoms in total. The third kappa shape index (κ3) is 4.89. The van der Waals surface area contributed by atoms with Crippen molar-refractivity contribution in [2.45, 2.75) is 31.9 Å². The van der Waals surface area contributed by atoms with Crippen LogP contribution >= 0.6 is 0 Å². The Kier molecular flexibility index (Phi) is 5.02. The van der Waals surface area contributed by atoms with Crippen LogP contribution in [0.2, 0.25) is 0 Å². The van der Waals surface area contributed by atoms with Gasteiger partial charge in [-0.1, -0.05) is 0 Å². The highest BCUT2D eigenvalue weighted by Gasteiger charge is 2.09. The van der Waals surface area contributed by atoms with Gasteiger partial charge in [0.2, 0.25) is 0 Å². The van der Waals surface area contributed by atoms with Gasteiger partial charge in [-0.3, -0.25) is 4.79 Å². The number of carbonyl (C=O) groups excluding carboxylic acids is 1. The molecule has 5 N–H and O–H groups in total. The molecule has 0 saturated carbocycles. The van der Waals surface area contributed by atoms with Crippen molar-refractivity contribution in [2.24, 2.45) is 11.5 Å². The molecule has 0 bridgehead atoms. The molecule has 66 valence electrons. The molecule has 0 aromatic rings. The van der Waals surface area contributed by atoms with Gasteiger partial charge in [-0.2, -0.15) is 0 Å². The lowest BCUT2D eigenvalue weighted by Gasteiger charge is -2.10. The number of hydrogen-bond acceptors (Lipinski definition) is 4. The highest BCUT2D eigenvalue weighted by atomic mass is 16.3. The normalized spacial score (nSPS) is 16.0. The maximum atomic E-state index is 10.6. The number of rotatable bonds is 5. The van der Waals surface area contributed by atoms with Crippen LogP contribution in [0.3, 0.4) is 0 Å². The molecule has 2 atom stereocenters. The maximum absolute atomic E-state index is 10.6. The van der Waals surface area contributed by atoms with Gasteiger partial charge in [-0.05, 0) is 19.8 Å². The van der Waals surface area contributed by atoms with E-state index < -0.39 is 12.1 Å². The number of nitrogens with two attached hydrogens (primary N) is 2. The fourth-order valence-corrected chi connectivity index (χ4v) is 0.693. The predicted molar refractivity (Wildman–Crippen MR) is 43.0 cm³/mol. The zero-order valence-electron chi connectivity index (χ0n) is 6.79. The highest BCUT2D eigenvalue weighted by Crippen LogP contribution is 1.99. The number of aliphatic hydroxyl groups excluding tert-OH is 1. The number of Topliss-reactive ketones (excluding diaryl/α,β-unsaturated/α-hetero) is 1. The summed E-state index contributed by atoms with van der Waals surface area (Å²) in [7, 11) is 0. The van der Waals surface area contributed by atoms with Crippen LogP contribution in [0.5, 0.6) is 0 Å². The summed E-state index contributed by atoms with van der Waals surface area (Å²) in [6.07, 6.45) is 0.478. The minimum atomic E-state index is -0.527. The molecular weight excluding hydrogens is 144 g/mol. The zero-order valence-corrected chi connectivity index (χ0v) is 6.79. The van der Waals surface area contributed by atoms with Crippen molar-refractivity contribution in [1.82, 2.24) is 0 Å². The molecule has 11 heavy (non-hydrogen) atoms. The lowest BCUT2D eigenvalue weighted by atomic mass is 10.1. The fraction of sp³-hybridized carbons (Fsp3) is 0.857. The van der Waals surface area contributed by atoms with Crippen molar-refractivity contribution in [3.63, 3.8) is 0 Å². The standard InChI is InChI=1S/C7H16N2O2/c1-5(10)7(9)3-2-6(11)4-8/h6-7,11H,2-4,8-9H2,1H3/t6-,7+/m0/s1. The van der Waals surface area contributed by atoms with Crippen molar-refractivity contribution >= 4 is 5.78 Å². The van der Waals surface area contributed by atoms with Crippen LogP contribution < -0.4 is 11.5 Å². The Balaban J connectivity index is 3.45. The van der Waals surface area contributed by atoms with Gasteiger partial charge in [0.05, 0.1) is 12.1 Å². The molecule has 0 aliphatic carbocycles. The number of carbonyl (C=O) groups is 1. The average Bonchev–Trinajstić information content (AvgIpc) is 1.99. The van der Waals surface area contributed by atoms with Crippen molar-refractivity contribution < 1.29 is 9.90 Å². The molecule has 0 saturated heterocycles. The van der Waals surface area contributed by atoms with Gasteiger partial charge < -0.3 is 16.6 Å². The summed E-state index contributed by atoms with van der Waals surface area (Å²) in [6.45, 7) is 1.67. The van der Waals surface area contributed by atoms with E-state index in [1.807, 2.05) is 0 Å². The van der Waals surface area contributed by atoms with Gasteiger partial charge >= 0.3 is 0 Å². The quantitative estimate of drug-likeness (QED) is 0.481. The van der Waals surface area contributed by atoms with Gasteiger partial charge in [0.25, 0.3) is 0 Å². The van der Waals surface area contributed by atoms with Gasteiger partial charge in [0, 0.05) is 6.54 Å². The molecule has 0 spiro atoms. The van der Waals surface area contributed by atoms with Crippen LogP contribution in [0.25, 0.3) is 0 Å². The number of ketones is 1. The Morgan fingerprint density at radius 1 is 1.55 bits per heavy atom. The van der Waals surface area contributed by atoms with E-state index in [2.05, 4.69) is 0 Å². The topological polar surface area (TPSA) is 89.3 Å². The van der Waals surface area contributed by atoms with Crippen molar-refractivity contribution in [3.8, 4) is 0 Å². The lowest BCUT2D eigenvalue weighted by molar-refractivity contribution is -0.118. The summed E-state index contributed by atoms with van der Waals surface area (Å²) in [4.78, 5) is 10.6. The third-order valence-corrected chi connectivity index (χ3v) is 1.61. The van der Waals surface area contributed by atoms with E-state index in [1.165, 1.54) is 6.92 Å². The van der Waals surface area contributed by atoms with Crippen LogP contribution in [-0.2, 0) is 4.79 Å². The molecule has 0 rings (SSSR count). The first-order valence-corrected chi connectivity index (χ1v) is 3.72. The third-order valence-electron chi connectivity index (χ3n) is 1.61. The second kappa shape index (κ2) is 5.23. The van der Waals surface area contributed by atoms with Crippen LogP contribution in [0.1, 0.15) is 19.8 Å². The van der Waals surface area contributed by atoms with Crippen LogP contribution in [0.4, 0.5) is 0 Å². The first-order chi connectivity index (χ1) is 5.07. The molecule has 0 aliphatic heterocycles. The predicted octanol–water partition coefficient (Wildman–Crippen LogP) is -0.997. The molecule has 0 aliphatic rings. The summed E-state index contributed by atoms with van der Waals surface area (Å²) in [6, 6.07) is -0.448. The first kappa shape index (κ1) is 10.6. The van der Waals surface area contributed by atoms with Crippen LogP contribution in [-0.4, -0.2) is 29.6 Å². The summed E-state index contributed by atoms with van der Waals surface area (Å²) in [5, 5.41) is 9.00. The molecule has 0 aromatic heterocycles. The van der Waals surface area contributed by atoms with Gasteiger partial charge in [-0.25, -0.2) is 0 Å². The van der Waals surface area contributed by atoms with Gasteiger partial charge in [0.15, 0.2) is 0 Å². The SMILES string of the molecule is CC(=O)[C@H](N)CC[C@H](O)CN.